The minimum atomic E-state index is -0.393. The Hall–Kier alpha value is -1.41. The van der Waals surface area contributed by atoms with Gasteiger partial charge >= 0.3 is 5.97 Å². The number of amidine groups is 1. The number of nitrogens with zero attached hydrogens (tertiary/aromatic N) is 2. The second-order valence-electron chi connectivity index (χ2n) is 3.77. The van der Waals surface area contributed by atoms with E-state index < -0.39 is 5.97 Å². The predicted octanol–water partition coefficient (Wildman–Crippen LogP) is 1.73. The molecule has 8 heteroatoms. The number of thiazole rings is 1. The molecule has 1 aromatic rings. The highest BCUT2D eigenvalue weighted by atomic mass is 32.2. The number of aryl methyl sites for hydroxylation is 1. The van der Waals surface area contributed by atoms with Gasteiger partial charge in [0.15, 0.2) is 5.17 Å². The zero-order valence-electron chi connectivity index (χ0n) is 10.6. The number of nitrogens with one attached hydrogen (secondary N) is 1. The van der Waals surface area contributed by atoms with Gasteiger partial charge < -0.3 is 10.1 Å². The third-order valence-corrected chi connectivity index (χ3v) is 4.17. The van der Waals surface area contributed by atoms with Crippen LogP contribution in [-0.4, -0.2) is 34.9 Å². The van der Waals surface area contributed by atoms with E-state index >= 15 is 0 Å². The second-order valence-corrected chi connectivity index (χ2v) is 5.71. The summed E-state index contributed by atoms with van der Waals surface area (Å²) in [6, 6.07) is 0. The molecule has 1 aliphatic rings. The van der Waals surface area contributed by atoms with E-state index in [1.54, 1.807) is 0 Å². The van der Waals surface area contributed by atoms with Crippen LogP contribution in [0.25, 0.3) is 0 Å². The van der Waals surface area contributed by atoms with E-state index in [-0.39, 0.29) is 5.91 Å². The van der Waals surface area contributed by atoms with Gasteiger partial charge in [-0.05, 0) is 6.42 Å². The molecule has 1 aromatic heterocycles. The Morgan fingerprint density at radius 3 is 2.95 bits per heavy atom. The van der Waals surface area contributed by atoms with Gasteiger partial charge in [-0.3, -0.25) is 4.79 Å². The summed E-state index contributed by atoms with van der Waals surface area (Å²) < 4.78 is 4.73. The van der Waals surface area contributed by atoms with Crippen molar-refractivity contribution in [2.75, 3.05) is 12.9 Å². The summed E-state index contributed by atoms with van der Waals surface area (Å²) in [7, 11) is 1.34. The number of methoxy groups -OCH3 is 1. The Labute approximate surface area is 118 Å². The largest absolute Gasteiger partial charge is 0.465 e. The Balaban J connectivity index is 2.27. The molecular weight excluding hydrogens is 286 g/mol. The summed E-state index contributed by atoms with van der Waals surface area (Å²) >= 11 is 2.51. The van der Waals surface area contributed by atoms with Crippen LogP contribution < -0.4 is 5.32 Å². The number of thioether (sulfide) groups is 1. The molecular formula is C11H13N3O3S2. The van der Waals surface area contributed by atoms with E-state index in [4.69, 9.17) is 4.74 Å². The first-order valence-corrected chi connectivity index (χ1v) is 7.53. The monoisotopic (exact) mass is 299 g/mol. The molecule has 1 fully saturated rings. The van der Waals surface area contributed by atoms with Crippen molar-refractivity contribution in [2.45, 2.75) is 19.8 Å². The third kappa shape index (κ3) is 3.32. The lowest BCUT2D eigenvalue weighted by molar-refractivity contribution is -0.116. The van der Waals surface area contributed by atoms with Crippen LogP contribution in [0.1, 0.15) is 28.7 Å². The Morgan fingerprint density at radius 1 is 1.58 bits per heavy atom. The molecule has 0 aliphatic carbocycles. The van der Waals surface area contributed by atoms with Crippen molar-refractivity contribution < 1.29 is 14.3 Å². The molecule has 1 N–H and O–H groups in total. The number of amides is 1. The Bertz CT molecular complexity index is 539. The molecule has 0 spiro atoms. The summed E-state index contributed by atoms with van der Waals surface area (Å²) in [5.41, 5.74) is 0.702. The van der Waals surface area contributed by atoms with Crippen LogP contribution in [0.15, 0.2) is 4.99 Å². The van der Waals surface area contributed by atoms with Gasteiger partial charge in [0, 0.05) is 0 Å². The molecule has 1 saturated heterocycles. The smallest absolute Gasteiger partial charge is 0.350 e. The fraction of sp³-hybridized carbons (Fsp3) is 0.455. The first kappa shape index (κ1) is 14.0. The maximum atomic E-state index is 11.6. The minimum absolute atomic E-state index is 0.0673. The highest BCUT2D eigenvalue weighted by Gasteiger charge is 2.20. The minimum Gasteiger partial charge on any atom is -0.465 e. The lowest BCUT2D eigenvalue weighted by atomic mass is 10.2. The molecule has 19 heavy (non-hydrogen) atoms. The van der Waals surface area contributed by atoms with Crippen molar-refractivity contribution in [3.8, 4) is 0 Å². The molecule has 1 aliphatic heterocycles. The fourth-order valence-corrected chi connectivity index (χ4v) is 3.16. The van der Waals surface area contributed by atoms with Crippen molar-refractivity contribution >= 4 is 45.3 Å². The average Bonchev–Trinajstić information content (AvgIpc) is 2.96. The molecule has 0 radical (unpaired) electrons. The van der Waals surface area contributed by atoms with Crippen molar-refractivity contribution in [1.29, 1.82) is 0 Å². The molecule has 0 atom stereocenters. The molecule has 2 rings (SSSR count). The van der Waals surface area contributed by atoms with Gasteiger partial charge in [0.1, 0.15) is 4.88 Å². The number of aromatic nitrogens is 1. The molecule has 6 nitrogen and oxygen atoms in total. The van der Waals surface area contributed by atoms with Gasteiger partial charge in [-0.1, -0.05) is 36.4 Å². The zero-order chi connectivity index (χ0) is 13.8. The van der Waals surface area contributed by atoms with Gasteiger partial charge in [-0.15, -0.1) is 0 Å². The van der Waals surface area contributed by atoms with Crippen LogP contribution in [0.2, 0.25) is 0 Å². The van der Waals surface area contributed by atoms with Gasteiger partial charge in [0.05, 0.1) is 18.6 Å². The second kappa shape index (κ2) is 6.16. The molecule has 0 aromatic carbocycles. The quantitative estimate of drug-likeness (QED) is 0.856. The molecule has 0 saturated carbocycles. The first-order chi connectivity index (χ1) is 9.13. The van der Waals surface area contributed by atoms with Gasteiger partial charge in [-0.25, -0.2) is 9.78 Å². The van der Waals surface area contributed by atoms with Gasteiger partial charge in [-0.2, -0.15) is 4.99 Å². The predicted molar refractivity (Wildman–Crippen MR) is 75.1 cm³/mol. The number of rotatable bonds is 4. The fourth-order valence-electron chi connectivity index (χ4n) is 1.52. The van der Waals surface area contributed by atoms with E-state index in [2.05, 4.69) is 15.3 Å². The van der Waals surface area contributed by atoms with E-state index in [9.17, 15) is 9.59 Å². The highest BCUT2D eigenvalue weighted by molar-refractivity contribution is 8.15. The van der Waals surface area contributed by atoms with Crippen LogP contribution in [0.5, 0.6) is 0 Å². The van der Waals surface area contributed by atoms with Crippen molar-refractivity contribution in [3.63, 3.8) is 0 Å². The summed E-state index contributed by atoms with van der Waals surface area (Å²) in [5.74, 6) is -0.0895. The number of aliphatic imine (C=N–C) groups is 1. The highest BCUT2D eigenvalue weighted by Crippen LogP contribution is 2.28. The SMILES string of the molecule is CCCc1nc(/N=C2\NC(=O)CS2)sc1C(=O)OC. The van der Waals surface area contributed by atoms with Crippen LogP contribution in [-0.2, 0) is 16.0 Å². The normalized spacial score (nSPS) is 16.7. The third-order valence-electron chi connectivity index (χ3n) is 2.33. The lowest BCUT2D eigenvalue weighted by Gasteiger charge is -1.97. The number of carbonyl (C=O) groups excluding carboxylic acids is 2. The summed E-state index contributed by atoms with van der Waals surface area (Å²) in [5, 5.41) is 3.62. The molecule has 0 unspecified atom stereocenters. The van der Waals surface area contributed by atoms with E-state index in [0.29, 0.717) is 33.0 Å². The van der Waals surface area contributed by atoms with Crippen LogP contribution >= 0.6 is 23.1 Å². The maximum absolute atomic E-state index is 11.6. The lowest BCUT2D eigenvalue weighted by Crippen LogP contribution is -2.19. The molecule has 1 amide bonds. The standard InChI is InChI=1S/C11H13N3O3S2/c1-3-4-6-8(9(16)17-2)19-11(12-6)14-10-13-7(15)5-18-10/h3-5H2,1-2H3,(H,12,13,14,15). The average molecular weight is 299 g/mol. The summed E-state index contributed by atoms with van der Waals surface area (Å²) in [4.78, 5) is 31.7. The van der Waals surface area contributed by atoms with Gasteiger partial charge in [0.2, 0.25) is 11.0 Å². The zero-order valence-corrected chi connectivity index (χ0v) is 12.2. The molecule has 102 valence electrons. The summed E-state index contributed by atoms with van der Waals surface area (Å²) in [6.45, 7) is 2.01. The van der Waals surface area contributed by atoms with Crippen LogP contribution in [0.4, 0.5) is 5.13 Å². The number of hydrogen-bond donors (Lipinski definition) is 1. The van der Waals surface area contributed by atoms with E-state index in [1.807, 2.05) is 6.92 Å². The topological polar surface area (TPSA) is 80.7 Å². The van der Waals surface area contributed by atoms with Crippen molar-refractivity contribution in [2.24, 2.45) is 4.99 Å². The number of carbonyl (C=O) groups is 2. The van der Waals surface area contributed by atoms with Crippen LogP contribution in [0.3, 0.4) is 0 Å². The number of ether oxygens (including phenoxy) is 1. The van der Waals surface area contributed by atoms with Crippen LogP contribution in [0, 0.1) is 0 Å². The maximum Gasteiger partial charge on any atom is 0.350 e. The number of esters is 1. The van der Waals surface area contributed by atoms with E-state index in [0.717, 1.165) is 6.42 Å². The van der Waals surface area contributed by atoms with Crippen molar-refractivity contribution in [3.05, 3.63) is 10.6 Å². The van der Waals surface area contributed by atoms with E-state index in [1.165, 1.54) is 30.2 Å². The summed E-state index contributed by atoms with van der Waals surface area (Å²) in [6.07, 6.45) is 1.58. The van der Waals surface area contributed by atoms with Crippen molar-refractivity contribution in [1.82, 2.24) is 10.3 Å². The number of hydrogen-bond acceptors (Lipinski definition) is 7. The molecule has 0 bridgehead atoms. The first-order valence-electron chi connectivity index (χ1n) is 5.73. The van der Waals surface area contributed by atoms with Gasteiger partial charge in [0.25, 0.3) is 0 Å². The Morgan fingerprint density at radius 2 is 2.37 bits per heavy atom. The molecule has 2 heterocycles. The Kier molecular flexibility index (Phi) is 4.54.